The third-order valence-corrected chi connectivity index (χ3v) is 5.39. The molecule has 0 radical (unpaired) electrons. The zero-order chi connectivity index (χ0) is 20.0. The van der Waals surface area contributed by atoms with Crippen molar-refractivity contribution in [1.82, 2.24) is 4.72 Å². The minimum Gasteiger partial charge on any atom is -0.460 e. The number of aryl methyl sites for hydroxylation is 1. The van der Waals surface area contributed by atoms with Crippen molar-refractivity contribution in [1.29, 1.82) is 0 Å². The van der Waals surface area contributed by atoms with E-state index < -0.39 is 10.0 Å². The lowest BCUT2D eigenvalue weighted by Gasteiger charge is -2.05. The molecule has 0 spiro atoms. The highest BCUT2D eigenvalue weighted by molar-refractivity contribution is 7.89. The maximum atomic E-state index is 12.2. The van der Waals surface area contributed by atoms with Gasteiger partial charge < -0.3 is 9.73 Å². The molecule has 6 nitrogen and oxygen atoms in total. The van der Waals surface area contributed by atoms with Gasteiger partial charge in [0, 0.05) is 11.8 Å². The molecule has 0 aliphatic rings. The Morgan fingerprint density at radius 2 is 1.71 bits per heavy atom. The number of carbonyl (C=O) groups excluding carboxylic acids is 1. The first kappa shape index (κ1) is 19.6. The Kier molecular flexibility index (Phi) is 6.08. The van der Waals surface area contributed by atoms with E-state index in [1.54, 1.807) is 30.3 Å². The highest BCUT2D eigenvalue weighted by Crippen LogP contribution is 2.14. The van der Waals surface area contributed by atoms with Gasteiger partial charge in [0.05, 0.1) is 11.4 Å². The zero-order valence-electron chi connectivity index (χ0n) is 15.3. The zero-order valence-corrected chi connectivity index (χ0v) is 16.1. The van der Waals surface area contributed by atoms with Crippen LogP contribution in [0.4, 0.5) is 5.69 Å². The van der Waals surface area contributed by atoms with E-state index in [2.05, 4.69) is 10.0 Å². The number of rotatable bonds is 7. The third kappa shape index (κ3) is 5.18. The molecule has 0 fully saturated rings. The number of hydrogen-bond acceptors (Lipinski definition) is 4. The van der Waals surface area contributed by atoms with Gasteiger partial charge in [0.2, 0.25) is 15.9 Å². The van der Waals surface area contributed by atoms with E-state index in [9.17, 15) is 13.2 Å². The van der Waals surface area contributed by atoms with Crippen LogP contribution in [0, 0.1) is 6.92 Å². The molecule has 0 saturated heterocycles. The average molecular weight is 396 g/mol. The summed E-state index contributed by atoms with van der Waals surface area (Å²) in [7, 11) is -3.61. The average Bonchev–Trinajstić information content (AvgIpc) is 3.15. The molecule has 3 aromatic rings. The summed E-state index contributed by atoms with van der Waals surface area (Å²) in [6, 6.07) is 18.9. The Morgan fingerprint density at radius 1 is 1.00 bits per heavy atom. The highest BCUT2D eigenvalue weighted by atomic mass is 32.2. The van der Waals surface area contributed by atoms with E-state index in [4.69, 9.17) is 4.42 Å². The topological polar surface area (TPSA) is 88.4 Å². The van der Waals surface area contributed by atoms with Crippen molar-refractivity contribution in [2.45, 2.75) is 18.4 Å². The number of nitrogens with one attached hydrogen (secondary N) is 2. The van der Waals surface area contributed by atoms with Gasteiger partial charge in [0.15, 0.2) is 0 Å². The predicted octanol–water partition coefficient (Wildman–Crippen LogP) is 3.72. The third-order valence-electron chi connectivity index (χ3n) is 3.97. The molecule has 0 saturated carbocycles. The maximum Gasteiger partial charge on any atom is 0.248 e. The van der Waals surface area contributed by atoms with Crippen LogP contribution < -0.4 is 10.0 Å². The molecular weight excluding hydrogens is 376 g/mol. The molecule has 0 aliphatic heterocycles. The van der Waals surface area contributed by atoms with Crippen LogP contribution in [0.1, 0.15) is 17.1 Å². The summed E-state index contributed by atoms with van der Waals surface area (Å²) < 4.78 is 32.4. The van der Waals surface area contributed by atoms with Gasteiger partial charge in [-0.15, -0.1) is 0 Å². The SMILES string of the molecule is Cc1ccccc1NC(=O)/C=C/c1ccc(CNS(=O)(=O)c2ccccc2)o1. The fourth-order valence-corrected chi connectivity index (χ4v) is 3.49. The molecule has 0 unspecified atom stereocenters. The number of sulfonamides is 1. The lowest BCUT2D eigenvalue weighted by Crippen LogP contribution is -2.22. The minimum atomic E-state index is -3.61. The summed E-state index contributed by atoms with van der Waals surface area (Å²) in [5.74, 6) is 0.615. The number of furan rings is 1. The van der Waals surface area contributed by atoms with Gasteiger partial charge in [0.25, 0.3) is 0 Å². The molecule has 7 heteroatoms. The quantitative estimate of drug-likeness (QED) is 0.596. The first-order chi connectivity index (χ1) is 13.4. The van der Waals surface area contributed by atoms with E-state index in [0.29, 0.717) is 11.5 Å². The van der Waals surface area contributed by atoms with E-state index in [1.807, 2.05) is 31.2 Å². The Balaban J connectivity index is 1.57. The number of anilines is 1. The van der Waals surface area contributed by atoms with Crippen LogP contribution in [0.2, 0.25) is 0 Å². The molecule has 2 aromatic carbocycles. The van der Waals surface area contributed by atoms with E-state index in [0.717, 1.165) is 11.3 Å². The monoisotopic (exact) mass is 396 g/mol. The van der Waals surface area contributed by atoms with Crippen LogP contribution in [0.3, 0.4) is 0 Å². The molecule has 144 valence electrons. The normalized spacial score (nSPS) is 11.6. The number of para-hydroxylation sites is 1. The maximum absolute atomic E-state index is 12.2. The van der Waals surface area contributed by atoms with Gasteiger partial charge in [-0.05, 0) is 48.9 Å². The van der Waals surface area contributed by atoms with E-state index >= 15 is 0 Å². The lowest BCUT2D eigenvalue weighted by molar-refractivity contribution is -0.111. The van der Waals surface area contributed by atoms with Crippen LogP contribution >= 0.6 is 0 Å². The van der Waals surface area contributed by atoms with Gasteiger partial charge >= 0.3 is 0 Å². The fraction of sp³-hybridized carbons (Fsp3) is 0.0952. The van der Waals surface area contributed by atoms with Crippen LogP contribution in [-0.2, 0) is 21.4 Å². The largest absolute Gasteiger partial charge is 0.460 e. The lowest BCUT2D eigenvalue weighted by atomic mass is 10.2. The van der Waals surface area contributed by atoms with Crippen molar-refractivity contribution in [3.8, 4) is 0 Å². The highest BCUT2D eigenvalue weighted by Gasteiger charge is 2.13. The van der Waals surface area contributed by atoms with Crippen molar-refractivity contribution in [2.75, 3.05) is 5.32 Å². The summed E-state index contributed by atoms with van der Waals surface area (Å²) >= 11 is 0. The Hall–Kier alpha value is -3.16. The second-order valence-corrected chi connectivity index (χ2v) is 7.85. The van der Waals surface area contributed by atoms with Crippen LogP contribution in [0.25, 0.3) is 6.08 Å². The molecule has 3 rings (SSSR count). The molecule has 0 bridgehead atoms. The summed E-state index contributed by atoms with van der Waals surface area (Å²) in [6.07, 6.45) is 2.89. The molecular formula is C21H20N2O4S. The van der Waals surface area contributed by atoms with Gasteiger partial charge in [0.1, 0.15) is 11.5 Å². The number of carbonyl (C=O) groups is 1. The Morgan fingerprint density at radius 3 is 2.46 bits per heavy atom. The number of hydrogen-bond donors (Lipinski definition) is 2. The van der Waals surface area contributed by atoms with E-state index in [1.165, 1.54) is 24.3 Å². The molecule has 0 aliphatic carbocycles. The smallest absolute Gasteiger partial charge is 0.248 e. The second kappa shape index (κ2) is 8.69. The molecule has 1 heterocycles. The van der Waals surface area contributed by atoms with Gasteiger partial charge in [-0.3, -0.25) is 4.79 Å². The van der Waals surface area contributed by atoms with E-state index in [-0.39, 0.29) is 17.3 Å². The number of benzene rings is 2. The van der Waals surface area contributed by atoms with Gasteiger partial charge in [-0.2, -0.15) is 0 Å². The molecule has 2 N–H and O–H groups in total. The summed E-state index contributed by atoms with van der Waals surface area (Å²) in [6.45, 7) is 1.93. The summed E-state index contributed by atoms with van der Waals surface area (Å²) in [5.41, 5.74) is 1.71. The molecule has 28 heavy (non-hydrogen) atoms. The summed E-state index contributed by atoms with van der Waals surface area (Å²) in [5, 5.41) is 2.79. The Bertz CT molecular complexity index is 1090. The van der Waals surface area contributed by atoms with Gasteiger partial charge in [-0.1, -0.05) is 36.4 Å². The minimum absolute atomic E-state index is 0.0144. The van der Waals surface area contributed by atoms with Crippen molar-refractivity contribution >= 4 is 27.7 Å². The van der Waals surface area contributed by atoms with Gasteiger partial charge in [-0.25, -0.2) is 13.1 Å². The molecule has 1 amide bonds. The van der Waals surface area contributed by atoms with Crippen molar-refractivity contribution in [3.63, 3.8) is 0 Å². The van der Waals surface area contributed by atoms with Crippen LogP contribution in [0.5, 0.6) is 0 Å². The summed E-state index contributed by atoms with van der Waals surface area (Å²) in [4.78, 5) is 12.2. The van der Waals surface area contributed by atoms with Crippen molar-refractivity contribution < 1.29 is 17.6 Å². The van der Waals surface area contributed by atoms with Crippen LogP contribution in [-0.4, -0.2) is 14.3 Å². The number of amides is 1. The van der Waals surface area contributed by atoms with Crippen LogP contribution in [0.15, 0.2) is 82.1 Å². The second-order valence-electron chi connectivity index (χ2n) is 6.08. The Labute approximate surface area is 163 Å². The fourth-order valence-electron chi connectivity index (χ4n) is 2.47. The molecule has 1 aromatic heterocycles. The van der Waals surface area contributed by atoms with Crippen molar-refractivity contribution in [3.05, 3.63) is 89.9 Å². The predicted molar refractivity (Wildman–Crippen MR) is 108 cm³/mol. The standard InChI is InChI=1S/C21H20N2O4S/c1-16-7-5-6-10-20(16)23-21(24)14-13-17-11-12-18(27-17)15-22-28(25,26)19-8-3-2-4-9-19/h2-14,22H,15H2,1H3,(H,23,24)/b14-13+. The first-order valence-electron chi connectivity index (χ1n) is 8.62. The molecule has 0 atom stereocenters. The first-order valence-corrected chi connectivity index (χ1v) is 10.1. The van der Waals surface area contributed by atoms with Crippen molar-refractivity contribution in [2.24, 2.45) is 0 Å².